The molecule has 0 bridgehead atoms. The van der Waals surface area contributed by atoms with Crippen LogP contribution in [0.3, 0.4) is 0 Å². The first-order valence-electron chi connectivity index (χ1n) is 8.59. The van der Waals surface area contributed by atoms with Crippen LogP contribution in [0.1, 0.15) is 43.6 Å². The summed E-state index contributed by atoms with van der Waals surface area (Å²) in [5.41, 5.74) is 3.12. The number of fused-ring (bicyclic) bond motifs is 1. The van der Waals surface area contributed by atoms with E-state index in [1.807, 2.05) is 37.4 Å². The minimum atomic E-state index is -0.605. The Bertz CT molecular complexity index is 776. The van der Waals surface area contributed by atoms with E-state index < -0.39 is 12.1 Å². The summed E-state index contributed by atoms with van der Waals surface area (Å²) in [5.74, 6) is 0.637. The smallest absolute Gasteiger partial charge is 0.320 e. The number of hydrogen-bond acceptors (Lipinski definition) is 3. The van der Waals surface area contributed by atoms with Gasteiger partial charge in [-0.3, -0.25) is 10.00 Å². The number of aliphatic hydroxyl groups excluding tert-OH is 1. The summed E-state index contributed by atoms with van der Waals surface area (Å²) in [6, 6.07) is 8.96. The average Bonchev–Trinajstić information content (AvgIpc) is 2.98. The molecule has 2 aromatic rings. The van der Waals surface area contributed by atoms with Crippen molar-refractivity contribution >= 4 is 11.8 Å². The molecule has 1 heterocycles. The van der Waals surface area contributed by atoms with Gasteiger partial charge in [-0.2, -0.15) is 5.10 Å². The fraction of sp³-hybridized carbons (Fsp3) is 0.474. The fourth-order valence-electron chi connectivity index (χ4n) is 3.31. The zero-order valence-electron chi connectivity index (χ0n) is 15.2. The second-order valence-electron chi connectivity index (χ2n) is 7.93. The van der Waals surface area contributed by atoms with Gasteiger partial charge in [-0.1, -0.05) is 45.0 Å². The summed E-state index contributed by atoms with van der Waals surface area (Å²) >= 11 is 0. The number of aliphatic hydroxyl groups is 1. The number of aryl methyl sites for hydroxylation is 1. The lowest BCUT2D eigenvalue weighted by Crippen LogP contribution is -2.37. The third-order valence-electron chi connectivity index (χ3n) is 4.37. The van der Waals surface area contributed by atoms with E-state index in [9.17, 15) is 9.90 Å². The van der Waals surface area contributed by atoms with Crippen LogP contribution in [-0.4, -0.2) is 27.0 Å². The quantitative estimate of drug-likeness (QED) is 0.802. The van der Waals surface area contributed by atoms with E-state index >= 15 is 0 Å². The maximum atomic E-state index is 12.4. The lowest BCUT2D eigenvalue weighted by atomic mass is 9.91. The van der Waals surface area contributed by atoms with Gasteiger partial charge in [-0.15, -0.1) is 0 Å². The number of carbonyl (C=O) groups is 1. The van der Waals surface area contributed by atoms with Crippen molar-refractivity contribution in [2.75, 3.05) is 5.32 Å². The van der Waals surface area contributed by atoms with Crippen molar-refractivity contribution < 1.29 is 9.90 Å². The molecule has 1 aromatic carbocycles. The molecule has 2 atom stereocenters. The van der Waals surface area contributed by atoms with Crippen LogP contribution in [0, 0.1) is 5.41 Å². The van der Waals surface area contributed by atoms with Gasteiger partial charge in [0.05, 0.1) is 17.8 Å². The molecule has 1 aromatic heterocycles. The first kappa shape index (κ1) is 17.5. The van der Waals surface area contributed by atoms with E-state index in [0.717, 1.165) is 23.2 Å². The molecule has 0 saturated carbocycles. The number of benzene rings is 1. The van der Waals surface area contributed by atoms with Gasteiger partial charge in [-0.05, 0) is 23.0 Å². The van der Waals surface area contributed by atoms with E-state index in [-0.39, 0.29) is 11.4 Å². The Morgan fingerprint density at radius 2 is 2.08 bits per heavy atom. The summed E-state index contributed by atoms with van der Waals surface area (Å²) < 4.78 is 1.67. The first-order chi connectivity index (χ1) is 11.7. The lowest BCUT2D eigenvalue weighted by Gasteiger charge is -2.18. The Morgan fingerprint density at radius 3 is 2.80 bits per heavy atom. The van der Waals surface area contributed by atoms with E-state index in [4.69, 9.17) is 0 Å². The number of anilines is 1. The molecule has 2 amide bonds. The van der Waals surface area contributed by atoms with Crippen LogP contribution in [0.25, 0.3) is 0 Å². The second kappa shape index (κ2) is 6.52. The topological polar surface area (TPSA) is 79.2 Å². The third-order valence-corrected chi connectivity index (χ3v) is 4.37. The molecule has 3 N–H and O–H groups in total. The largest absolute Gasteiger partial charge is 0.390 e. The van der Waals surface area contributed by atoms with E-state index in [2.05, 4.69) is 36.5 Å². The number of urea groups is 1. The van der Waals surface area contributed by atoms with Gasteiger partial charge in [0.25, 0.3) is 0 Å². The first-order valence-corrected chi connectivity index (χ1v) is 8.59. The molecule has 1 aliphatic rings. The van der Waals surface area contributed by atoms with Crippen LogP contribution in [0.2, 0.25) is 0 Å². The van der Waals surface area contributed by atoms with Crippen LogP contribution >= 0.6 is 0 Å². The standard InChI is InChI=1S/C19H26N4O2/c1-19(2,3)11-13-10-16(23(4)22-13)20-18(25)21-17-14-8-6-5-7-12(14)9-15(17)24/h5-8,10,15,17,24H,9,11H2,1-4H3,(H2,20,21,25)/t15-,17+/m0/s1. The van der Waals surface area contributed by atoms with Crippen molar-refractivity contribution in [3.8, 4) is 0 Å². The van der Waals surface area contributed by atoms with Gasteiger partial charge >= 0.3 is 6.03 Å². The highest BCUT2D eigenvalue weighted by atomic mass is 16.3. The zero-order valence-corrected chi connectivity index (χ0v) is 15.2. The summed E-state index contributed by atoms with van der Waals surface area (Å²) in [4.78, 5) is 12.4. The number of nitrogens with one attached hydrogen (secondary N) is 2. The molecule has 0 saturated heterocycles. The Labute approximate surface area is 148 Å². The molecule has 0 fully saturated rings. The highest BCUT2D eigenvalue weighted by Gasteiger charge is 2.32. The minimum absolute atomic E-state index is 0.131. The Kier molecular flexibility index (Phi) is 4.56. The SMILES string of the molecule is Cn1nc(CC(C)(C)C)cc1NC(=O)N[C@@H]1c2ccccc2C[C@@H]1O. The predicted octanol–water partition coefficient (Wildman–Crippen LogP) is 2.79. The molecule has 6 heteroatoms. The van der Waals surface area contributed by atoms with Crippen molar-refractivity contribution in [2.45, 2.75) is 45.8 Å². The van der Waals surface area contributed by atoms with Crippen molar-refractivity contribution in [1.29, 1.82) is 0 Å². The molecule has 134 valence electrons. The molecule has 0 unspecified atom stereocenters. The van der Waals surface area contributed by atoms with Gasteiger partial charge in [-0.25, -0.2) is 4.79 Å². The van der Waals surface area contributed by atoms with Crippen LogP contribution in [0.5, 0.6) is 0 Å². The molecule has 0 radical (unpaired) electrons. The molecule has 0 aliphatic heterocycles. The van der Waals surface area contributed by atoms with Crippen molar-refractivity contribution in [1.82, 2.24) is 15.1 Å². The molecule has 1 aliphatic carbocycles. The Balaban J connectivity index is 1.67. The van der Waals surface area contributed by atoms with Crippen LogP contribution in [0.4, 0.5) is 10.6 Å². The summed E-state index contributed by atoms with van der Waals surface area (Å²) in [6.45, 7) is 6.46. The second-order valence-corrected chi connectivity index (χ2v) is 7.93. The van der Waals surface area contributed by atoms with Crippen molar-refractivity contribution in [2.24, 2.45) is 12.5 Å². The molecular formula is C19H26N4O2. The zero-order chi connectivity index (χ0) is 18.2. The number of rotatable bonds is 3. The number of amides is 2. The van der Waals surface area contributed by atoms with Crippen molar-refractivity contribution in [3.63, 3.8) is 0 Å². The van der Waals surface area contributed by atoms with Gasteiger partial charge in [0.2, 0.25) is 0 Å². The number of hydrogen-bond donors (Lipinski definition) is 3. The van der Waals surface area contributed by atoms with Crippen LogP contribution in [0.15, 0.2) is 30.3 Å². The number of carbonyl (C=O) groups excluding carboxylic acids is 1. The predicted molar refractivity (Wildman–Crippen MR) is 97.4 cm³/mol. The highest BCUT2D eigenvalue weighted by molar-refractivity contribution is 5.88. The molecule has 0 spiro atoms. The van der Waals surface area contributed by atoms with E-state index in [0.29, 0.717) is 12.2 Å². The molecule has 6 nitrogen and oxygen atoms in total. The van der Waals surface area contributed by atoms with Gasteiger partial charge in [0, 0.05) is 19.5 Å². The number of nitrogens with zero attached hydrogens (tertiary/aromatic N) is 2. The van der Waals surface area contributed by atoms with E-state index in [1.165, 1.54) is 0 Å². The summed E-state index contributed by atoms with van der Waals surface area (Å²) in [7, 11) is 1.81. The maximum absolute atomic E-state index is 12.4. The maximum Gasteiger partial charge on any atom is 0.320 e. The van der Waals surface area contributed by atoms with Crippen LogP contribution < -0.4 is 10.6 Å². The lowest BCUT2D eigenvalue weighted by molar-refractivity contribution is 0.144. The van der Waals surface area contributed by atoms with Crippen LogP contribution in [-0.2, 0) is 19.9 Å². The Morgan fingerprint density at radius 1 is 1.36 bits per heavy atom. The van der Waals surface area contributed by atoms with Gasteiger partial charge in [0.1, 0.15) is 5.82 Å². The highest BCUT2D eigenvalue weighted by Crippen LogP contribution is 2.31. The summed E-state index contributed by atoms with van der Waals surface area (Å²) in [6.07, 6.45) is 0.785. The number of aromatic nitrogens is 2. The van der Waals surface area contributed by atoms with E-state index in [1.54, 1.807) is 4.68 Å². The molecule has 25 heavy (non-hydrogen) atoms. The Hall–Kier alpha value is -2.34. The normalized spacial score (nSPS) is 19.6. The summed E-state index contributed by atoms with van der Waals surface area (Å²) in [5, 5.41) is 20.4. The monoisotopic (exact) mass is 342 g/mol. The fourth-order valence-corrected chi connectivity index (χ4v) is 3.31. The molecular weight excluding hydrogens is 316 g/mol. The van der Waals surface area contributed by atoms with Gasteiger partial charge < -0.3 is 10.4 Å². The third kappa shape index (κ3) is 4.02. The van der Waals surface area contributed by atoms with Crippen molar-refractivity contribution in [3.05, 3.63) is 47.2 Å². The minimum Gasteiger partial charge on any atom is -0.390 e. The van der Waals surface area contributed by atoms with Gasteiger partial charge in [0.15, 0.2) is 0 Å². The average molecular weight is 342 g/mol. The molecule has 3 rings (SSSR count).